The van der Waals surface area contributed by atoms with Gasteiger partial charge in [-0.25, -0.2) is 0 Å². The monoisotopic (exact) mass is 306 g/mol. The lowest BCUT2D eigenvalue weighted by Gasteiger charge is -2.61. The summed E-state index contributed by atoms with van der Waals surface area (Å²) in [6.45, 7) is 4.48. The molecule has 3 heteroatoms. The van der Waals surface area contributed by atoms with E-state index >= 15 is 0 Å². The topological polar surface area (TPSA) is 57.5 Å². The first-order chi connectivity index (χ1) is 10.4. The van der Waals surface area contributed by atoms with Gasteiger partial charge in [0.15, 0.2) is 0 Å². The number of carbonyl (C=O) groups is 1. The summed E-state index contributed by atoms with van der Waals surface area (Å²) in [6.07, 6.45) is 7.08. The molecule has 4 rings (SSSR count). The number of carbonyl (C=O) groups excluding carboxylic acids is 1. The van der Waals surface area contributed by atoms with E-state index in [0.717, 1.165) is 38.5 Å². The predicted molar refractivity (Wildman–Crippen MR) is 84.1 cm³/mol. The highest BCUT2D eigenvalue weighted by Gasteiger charge is 2.63. The molecular formula is C19H30O3. The average molecular weight is 306 g/mol. The maximum absolute atomic E-state index is 12.4. The Morgan fingerprint density at radius 2 is 1.86 bits per heavy atom. The van der Waals surface area contributed by atoms with Crippen molar-refractivity contribution in [2.24, 2.45) is 34.5 Å². The number of Topliss-reactive ketones (excluding diaryl/α,β-unsaturated/α-hetero) is 1. The Kier molecular flexibility index (Phi) is 3.30. The quantitative estimate of drug-likeness (QED) is 0.723. The van der Waals surface area contributed by atoms with Crippen LogP contribution in [0.2, 0.25) is 0 Å². The number of rotatable bonds is 0. The summed E-state index contributed by atoms with van der Waals surface area (Å²) in [7, 11) is 0. The molecule has 3 unspecified atom stereocenters. The third-order valence-electron chi connectivity index (χ3n) is 8.28. The smallest absolute Gasteiger partial charge is 0.139 e. The van der Waals surface area contributed by atoms with Crippen LogP contribution in [0.15, 0.2) is 0 Å². The van der Waals surface area contributed by atoms with Crippen molar-refractivity contribution in [1.82, 2.24) is 0 Å². The summed E-state index contributed by atoms with van der Waals surface area (Å²) in [5, 5.41) is 21.0. The molecule has 4 fully saturated rings. The largest absolute Gasteiger partial charge is 0.393 e. The lowest BCUT2D eigenvalue weighted by Crippen LogP contribution is -2.59. The molecule has 0 spiro atoms. The van der Waals surface area contributed by atoms with Crippen LogP contribution in [0.5, 0.6) is 0 Å². The molecule has 4 saturated carbocycles. The SMILES string of the molecule is C[C@]12CCC(O)CC1CC[C@@H]1[C@@H]2C(O)C[C@]2(C)C(=O)CC[C@@H]12. The molecule has 0 aromatic rings. The van der Waals surface area contributed by atoms with E-state index in [1.807, 2.05) is 0 Å². The molecule has 4 aliphatic rings. The van der Waals surface area contributed by atoms with Gasteiger partial charge in [0.25, 0.3) is 0 Å². The van der Waals surface area contributed by atoms with E-state index in [-0.39, 0.29) is 23.0 Å². The van der Waals surface area contributed by atoms with Crippen LogP contribution >= 0.6 is 0 Å². The van der Waals surface area contributed by atoms with Crippen LogP contribution in [0.4, 0.5) is 0 Å². The Morgan fingerprint density at radius 3 is 2.64 bits per heavy atom. The highest BCUT2D eigenvalue weighted by Crippen LogP contribution is 2.65. The Morgan fingerprint density at radius 1 is 1.09 bits per heavy atom. The summed E-state index contributed by atoms with van der Waals surface area (Å²) < 4.78 is 0. The zero-order chi connectivity index (χ0) is 15.7. The average Bonchev–Trinajstić information content (AvgIpc) is 2.75. The molecule has 0 saturated heterocycles. The van der Waals surface area contributed by atoms with Gasteiger partial charge < -0.3 is 10.2 Å². The summed E-state index contributed by atoms with van der Waals surface area (Å²) in [5.74, 6) is 2.27. The number of aliphatic hydroxyl groups is 2. The van der Waals surface area contributed by atoms with Crippen LogP contribution in [0.1, 0.15) is 65.2 Å². The molecule has 0 amide bonds. The number of fused-ring (bicyclic) bond motifs is 5. The molecule has 0 aliphatic heterocycles. The van der Waals surface area contributed by atoms with Crippen LogP contribution in [-0.4, -0.2) is 28.2 Å². The van der Waals surface area contributed by atoms with Gasteiger partial charge in [0.2, 0.25) is 0 Å². The molecular weight excluding hydrogens is 276 g/mol. The van der Waals surface area contributed by atoms with Crippen molar-refractivity contribution in [3.8, 4) is 0 Å². The molecule has 0 heterocycles. The first-order valence-electron chi connectivity index (χ1n) is 9.25. The zero-order valence-electron chi connectivity index (χ0n) is 13.9. The van der Waals surface area contributed by atoms with E-state index in [1.165, 1.54) is 6.42 Å². The van der Waals surface area contributed by atoms with E-state index < -0.39 is 0 Å². The summed E-state index contributed by atoms with van der Waals surface area (Å²) in [6, 6.07) is 0. The second kappa shape index (κ2) is 4.80. The normalized spacial score (nSPS) is 57.9. The van der Waals surface area contributed by atoms with E-state index in [4.69, 9.17) is 0 Å². The lowest BCUT2D eigenvalue weighted by molar-refractivity contribution is -0.175. The van der Waals surface area contributed by atoms with Gasteiger partial charge in [-0.05, 0) is 74.0 Å². The van der Waals surface area contributed by atoms with Crippen molar-refractivity contribution in [1.29, 1.82) is 0 Å². The third-order valence-corrected chi connectivity index (χ3v) is 8.28. The first-order valence-corrected chi connectivity index (χ1v) is 9.25. The maximum Gasteiger partial charge on any atom is 0.139 e. The Bertz CT molecular complexity index is 489. The molecule has 0 bridgehead atoms. The number of hydrogen-bond donors (Lipinski definition) is 2. The molecule has 0 radical (unpaired) electrons. The van der Waals surface area contributed by atoms with Crippen LogP contribution < -0.4 is 0 Å². The van der Waals surface area contributed by atoms with Crippen molar-refractivity contribution in [2.75, 3.05) is 0 Å². The predicted octanol–water partition coefficient (Wildman–Crippen LogP) is 2.93. The minimum absolute atomic E-state index is 0.145. The minimum atomic E-state index is -0.337. The molecule has 124 valence electrons. The van der Waals surface area contributed by atoms with Crippen LogP contribution in [0.3, 0.4) is 0 Å². The zero-order valence-corrected chi connectivity index (χ0v) is 13.9. The van der Waals surface area contributed by atoms with Crippen LogP contribution in [0.25, 0.3) is 0 Å². The fourth-order valence-corrected chi connectivity index (χ4v) is 7.13. The number of ketones is 1. The summed E-state index contributed by atoms with van der Waals surface area (Å²) in [5.41, 5.74) is -0.105. The van der Waals surface area contributed by atoms with Gasteiger partial charge in [0, 0.05) is 11.8 Å². The molecule has 0 aromatic carbocycles. The van der Waals surface area contributed by atoms with Gasteiger partial charge in [0.05, 0.1) is 12.2 Å². The second-order valence-electron chi connectivity index (χ2n) is 9.16. The van der Waals surface area contributed by atoms with Gasteiger partial charge in [-0.1, -0.05) is 13.8 Å². The summed E-state index contributed by atoms with van der Waals surface area (Å²) >= 11 is 0. The molecule has 22 heavy (non-hydrogen) atoms. The Hall–Kier alpha value is -0.410. The number of aliphatic hydroxyl groups excluding tert-OH is 2. The van der Waals surface area contributed by atoms with Crippen LogP contribution in [-0.2, 0) is 4.79 Å². The van der Waals surface area contributed by atoms with Crippen molar-refractivity contribution >= 4 is 5.78 Å². The molecule has 3 nitrogen and oxygen atoms in total. The molecule has 2 N–H and O–H groups in total. The standard InChI is InChI=1S/C19H30O3/c1-18-8-7-12(20)9-11(18)3-4-13-14-5-6-16(22)19(14,2)10-15(21)17(13)18/h11-15,17,20-21H,3-10H2,1-2H3/t11?,12?,13-,14-,15?,17+,18-,19-/m0/s1. The maximum atomic E-state index is 12.4. The van der Waals surface area contributed by atoms with Gasteiger partial charge in [-0.3, -0.25) is 4.79 Å². The lowest BCUT2D eigenvalue weighted by atomic mass is 9.44. The first kappa shape index (κ1) is 15.1. The van der Waals surface area contributed by atoms with E-state index in [9.17, 15) is 15.0 Å². The fraction of sp³-hybridized carbons (Fsp3) is 0.947. The third kappa shape index (κ3) is 1.84. The summed E-state index contributed by atoms with van der Waals surface area (Å²) in [4.78, 5) is 12.4. The van der Waals surface area contributed by atoms with Gasteiger partial charge >= 0.3 is 0 Å². The van der Waals surface area contributed by atoms with Crippen LogP contribution in [0, 0.1) is 34.5 Å². The Balaban J connectivity index is 1.69. The van der Waals surface area contributed by atoms with Crippen molar-refractivity contribution in [3.05, 3.63) is 0 Å². The van der Waals surface area contributed by atoms with E-state index in [1.54, 1.807) is 0 Å². The fourth-order valence-electron chi connectivity index (χ4n) is 7.13. The second-order valence-corrected chi connectivity index (χ2v) is 9.16. The van der Waals surface area contributed by atoms with Gasteiger partial charge in [-0.2, -0.15) is 0 Å². The van der Waals surface area contributed by atoms with Crippen molar-refractivity contribution in [2.45, 2.75) is 77.4 Å². The molecule has 4 aliphatic carbocycles. The number of hydrogen-bond acceptors (Lipinski definition) is 3. The molecule has 8 atom stereocenters. The highest BCUT2D eigenvalue weighted by atomic mass is 16.3. The van der Waals surface area contributed by atoms with E-state index in [0.29, 0.717) is 35.9 Å². The molecule has 0 aromatic heterocycles. The van der Waals surface area contributed by atoms with Gasteiger partial charge in [0.1, 0.15) is 5.78 Å². The van der Waals surface area contributed by atoms with Gasteiger partial charge in [-0.15, -0.1) is 0 Å². The highest BCUT2D eigenvalue weighted by molar-refractivity contribution is 5.87. The Labute approximate surface area is 133 Å². The van der Waals surface area contributed by atoms with Crippen molar-refractivity contribution in [3.63, 3.8) is 0 Å². The van der Waals surface area contributed by atoms with Crippen molar-refractivity contribution < 1.29 is 15.0 Å². The van der Waals surface area contributed by atoms with E-state index in [2.05, 4.69) is 13.8 Å². The minimum Gasteiger partial charge on any atom is -0.393 e.